The van der Waals surface area contributed by atoms with Crippen LogP contribution in [0.25, 0.3) is 0 Å². The smallest absolute Gasteiger partial charge is 0.191 e. The van der Waals surface area contributed by atoms with Crippen molar-refractivity contribution in [1.82, 2.24) is 10.6 Å². The van der Waals surface area contributed by atoms with Gasteiger partial charge in [0.2, 0.25) is 0 Å². The molecule has 1 rings (SSSR count). The lowest BCUT2D eigenvalue weighted by Crippen LogP contribution is -2.40. The maximum absolute atomic E-state index is 12.0. The van der Waals surface area contributed by atoms with Gasteiger partial charge in [-0.1, -0.05) is 29.8 Å². The Kier molecular flexibility index (Phi) is 7.90. The van der Waals surface area contributed by atoms with E-state index in [0.29, 0.717) is 24.8 Å². The maximum atomic E-state index is 12.0. The predicted molar refractivity (Wildman–Crippen MR) is 97.0 cm³/mol. The van der Waals surface area contributed by atoms with E-state index < -0.39 is 10.8 Å². The molecule has 124 valence electrons. The van der Waals surface area contributed by atoms with E-state index in [1.807, 2.05) is 52.0 Å². The molecule has 4 nitrogen and oxygen atoms in total. The Labute approximate surface area is 141 Å². The van der Waals surface area contributed by atoms with E-state index >= 15 is 0 Å². The Bertz CT molecular complexity index is 526. The zero-order chi connectivity index (χ0) is 16.6. The van der Waals surface area contributed by atoms with E-state index in [4.69, 9.17) is 11.6 Å². The number of nitrogens with one attached hydrogen (secondary N) is 2. The van der Waals surface area contributed by atoms with Gasteiger partial charge in [-0.25, -0.2) is 4.99 Å². The molecule has 0 fully saturated rings. The molecule has 1 aromatic carbocycles. The fourth-order valence-electron chi connectivity index (χ4n) is 1.70. The maximum Gasteiger partial charge on any atom is 0.191 e. The number of guanidine groups is 1. The van der Waals surface area contributed by atoms with Gasteiger partial charge in [0.15, 0.2) is 5.96 Å². The summed E-state index contributed by atoms with van der Waals surface area (Å²) in [5.74, 6) is 1.31. The van der Waals surface area contributed by atoms with Gasteiger partial charge >= 0.3 is 0 Å². The van der Waals surface area contributed by atoms with Gasteiger partial charge in [-0.05, 0) is 39.3 Å². The summed E-state index contributed by atoms with van der Waals surface area (Å²) in [6.07, 6.45) is 0. The van der Waals surface area contributed by atoms with Crippen molar-refractivity contribution in [2.24, 2.45) is 4.99 Å². The molecule has 0 aliphatic heterocycles. The lowest BCUT2D eigenvalue weighted by molar-refractivity contribution is 0.647. The van der Waals surface area contributed by atoms with Crippen LogP contribution >= 0.6 is 11.6 Å². The van der Waals surface area contributed by atoms with Crippen LogP contribution in [0.4, 0.5) is 0 Å². The van der Waals surface area contributed by atoms with Crippen LogP contribution in [0.15, 0.2) is 29.3 Å². The molecule has 0 amide bonds. The molecule has 22 heavy (non-hydrogen) atoms. The number of aliphatic imine (C=N–C) groups is 1. The average molecular weight is 344 g/mol. The van der Waals surface area contributed by atoms with Gasteiger partial charge in [0.25, 0.3) is 0 Å². The van der Waals surface area contributed by atoms with Gasteiger partial charge in [0.05, 0.1) is 6.54 Å². The first-order chi connectivity index (χ1) is 10.3. The molecule has 0 radical (unpaired) electrons. The molecule has 2 N–H and O–H groups in total. The summed E-state index contributed by atoms with van der Waals surface area (Å²) in [7, 11) is -0.868. The fraction of sp³-hybridized carbons (Fsp3) is 0.562. The largest absolute Gasteiger partial charge is 0.357 e. The molecule has 0 saturated heterocycles. The molecule has 0 spiro atoms. The number of hydrogen-bond acceptors (Lipinski definition) is 2. The van der Waals surface area contributed by atoms with Crippen LogP contribution in [-0.4, -0.2) is 33.8 Å². The molecule has 1 unspecified atom stereocenters. The van der Waals surface area contributed by atoms with E-state index in [1.54, 1.807) is 0 Å². The van der Waals surface area contributed by atoms with Crippen LogP contribution in [0.3, 0.4) is 0 Å². The highest BCUT2D eigenvalue weighted by molar-refractivity contribution is 7.86. The topological polar surface area (TPSA) is 53.5 Å². The van der Waals surface area contributed by atoms with Crippen LogP contribution in [0.5, 0.6) is 0 Å². The third-order valence-electron chi connectivity index (χ3n) is 2.97. The summed E-state index contributed by atoms with van der Waals surface area (Å²) in [5, 5.41) is 7.12. The second kappa shape index (κ2) is 9.16. The Morgan fingerprint density at radius 2 is 1.95 bits per heavy atom. The lowest BCUT2D eigenvalue weighted by atomic mass is 10.2. The summed E-state index contributed by atoms with van der Waals surface area (Å²) in [6, 6.07) is 7.67. The summed E-state index contributed by atoms with van der Waals surface area (Å²) in [5.41, 5.74) is 0.986. The molecule has 0 aromatic heterocycles. The molecule has 0 bridgehead atoms. The molecule has 0 saturated carbocycles. The van der Waals surface area contributed by atoms with Crippen LogP contribution in [-0.2, 0) is 17.3 Å². The van der Waals surface area contributed by atoms with E-state index in [1.165, 1.54) is 0 Å². The van der Waals surface area contributed by atoms with Crippen LogP contribution in [0, 0.1) is 0 Å². The lowest BCUT2D eigenvalue weighted by Gasteiger charge is -2.18. The first-order valence-electron chi connectivity index (χ1n) is 7.48. The minimum absolute atomic E-state index is 0.186. The molecule has 1 atom stereocenters. The molecular weight excluding hydrogens is 318 g/mol. The third kappa shape index (κ3) is 6.79. The minimum atomic E-state index is -0.868. The Balaban J connectivity index is 2.56. The van der Waals surface area contributed by atoms with Crippen molar-refractivity contribution in [2.75, 3.05) is 18.8 Å². The van der Waals surface area contributed by atoms with E-state index in [9.17, 15) is 4.21 Å². The molecule has 1 aromatic rings. The van der Waals surface area contributed by atoms with Crippen molar-refractivity contribution in [3.8, 4) is 0 Å². The average Bonchev–Trinajstić information content (AvgIpc) is 2.45. The van der Waals surface area contributed by atoms with Crippen LogP contribution in [0.2, 0.25) is 5.02 Å². The second-order valence-corrected chi connectivity index (χ2v) is 8.61. The molecular formula is C16H26ClN3OS. The molecule has 0 heterocycles. The van der Waals surface area contributed by atoms with Gasteiger partial charge in [-0.2, -0.15) is 0 Å². The summed E-state index contributed by atoms with van der Waals surface area (Å²) >= 11 is 6.13. The van der Waals surface area contributed by atoms with Crippen molar-refractivity contribution in [3.63, 3.8) is 0 Å². The van der Waals surface area contributed by atoms with Gasteiger partial charge in [0, 0.05) is 39.4 Å². The number of rotatable bonds is 6. The van der Waals surface area contributed by atoms with Gasteiger partial charge < -0.3 is 10.6 Å². The van der Waals surface area contributed by atoms with E-state index in [0.717, 1.165) is 17.1 Å². The van der Waals surface area contributed by atoms with E-state index in [-0.39, 0.29) is 4.75 Å². The van der Waals surface area contributed by atoms with Gasteiger partial charge in [-0.3, -0.25) is 4.21 Å². The van der Waals surface area contributed by atoms with Crippen LogP contribution in [0.1, 0.15) is 33.3 Å². The SMILES string of the molecule is CCNC(=NCc1ccccc1Cl)NCCS(=O)C(C)(C)C. The number of nitrogens with zero attached hydrogens (tertiary/aromatic N) is 1. The first-order valence-corrected chi connectivity index (χ1v) is 9.18. The Morgan fingerprint density at radius 3 is 2.55 bits per heavy atom. The van der Waals surface area contributed by atoms with Crippen molar-refractivity contribution in [3.05, 3.63) is 34.9 Å². The highest BCUT2D eigenvalue weighted by Crippen LogP contribution is 2.15. The summed E-state index contributed by atoms with van der Waals surface area (Å²) in [4.78, 5) is 4.51. The number of benzene rings is 1. The minimum Gasteiger partial charge on any atom is -0.357 e. The highest BCUT2D eigenvalue weighted by atomic mass is 35.5. The van der Waals surface area contributed by atoms with Crippen molar-refractivity contribution in [2.45, 2.75) is 39.0 Å². The summed E-state index contributed by atoms with van der Waals surface area (Å²) in [6.45, 7) is 9.88. The second-order valence-electron chi connectivity index (χ2n) is 5.88. The van der Waals surface area contributed by atoms with Gasteiger partial charge in [0.1, 0.15) is 0 Å². The number of hydrogen-bond donors (Lipinski definition) is 2. The first kappa shape index (κ1) is 19.0. The standard InChI is InChI=1S/C16H26ClN3OS/c1-5-18-15(19-10-11-22(21)16(2,3)4)20-12-13-8-6-7-9-14(13)17/h6-9H,5,10-12H2,1-4H3,(H2,18,19,20). The highest BCUT2D eigenvalue weighted by Gasteiger charge is 2.18. The zero-order valence-corrected chi connectivity index (χ0v) is 15.4. The quantitative estimate of drug-likeness (QED) is 0.616. The molecule has 0 aliphatic carbocycles. The normalized spacial score (nSPS) is 13.8. The van der Waals surface area contributed by atoms with Crippen LogP contribution < -0.4 is 10.6 Å². The predicted octanol–water partition coefficient (Wildman–Crippen LogP) is 2.94. The van der Waals surface area contributed by atoms with Crippen molar-refractivity contribution in [1.29, 1.82) is 0 Å². The molecule has 0 aliphatic rings. The van der Waals surface area contributed by atoms with E-state index in [2.05, 4.69) is 15.6 Å². The van der Waals surface area contributed by atoms with Crippen molar-refractivity contribution >= 4 is 28.4 Å². The molecule has 6 heteroatoms. The number of halogens is 1. The van der Waals surface area contributed by atoms with Gasteiger partial charge in [-0.15, -0.1) is 0 Å². The Hall–Kier alpha value is -1.07. The fourth-order valence-corrected chi connectivity index (χ4v) is 2.80. The zero-order valence-electron chi connectivity index (χ0n) is 13.8. The monoisotopic (exact) mass is 343 g/mol. The van der Waals surface area contributed by atoms with Crippen molar-refractivity contribution < 1.29 is 4.21 Å². The summed E-state index contributed by atoms with van der Waals surface area (Å²) < 4.78 is 11.8. The Morgan fingerprint density at radius 1 is 1.27 bits per heavy atom. The third-order valence-corrected chi connectivity index (χ3v) is 5.28.